The Hall–Kier alpha value is -1.54. The number of hydrogen-bond acceptors (Lipinski definition) is 3. The molecule has 0 saturated carbocycles. The Kier molecular flexibility index (Phi) is 4.52. The molecular formula is C15H18BF3O4. The fraction of sp³-hybridized carbons (Fsp3) is 0.533. The van der Waals surface area contributed by atoms with Crippen LogP contribution in [-0.4, -0.2) is 29.4 Å². The summed E-state index contributed by atoms with van der Waals surface area (Å²) >= 11 is 0. The molecule has 1 unspecified atom stereocenters. The maximum Gasteiger partial charge on any atom is 0.466 e. The molecule has 0 radical (unpaired) electrons. The largest absolute Gasteiger partial charge is 0.481 e. The van der Waals surface area contributed by atoms with Crippen molar-refractivity contribution in [1.82, 2.24) is 0 Å². The summed E-state index contributed by atoms with van der Waals surface area (Å²) in [6, 6.07) is 1.55. The molecule has 1 fully saturated rings. The van der Waals surface area contributed by atoms with E-state index in [1.807, 2.05) is 0 Å². The van der Waals surface area contributed by atoms with Crippen LogP contribution in [0.2, 0.25) is 0 Å². The van der Waals surface area contributed by atoms with E-state index >= 15 is 0 Å². The van der Waals surface area contributed by atoms with Crippen LogP contribution in [0.15, 0.2) is 12.1 Å². The Morgan fingerprint density at radius 2 is 1.57 bits per heavy atom. The number of hydrogen-bond donors (Lipinski definition) is 1. The van der Waals surface area contributed by atoms with Gasteiger partial charge in [0.05, 0.1) is 17.6 Å². The van der Waals surface area contributed by atoms with Crippen LogP contribution in [0.5, 0.6) is 0 Å². The predicted molar refractivity (Wildman–Crippen MR) is 77.4 cm³/mol. The first-order valence-corrected chi connectivity index (χ1v) is 7.16. The van der Waals surface area contributed by atoms with E-state index in [-0.39, 0.29) is 5.56 Å². The van der Waals surface area contributed by atoms with Gasteiger partial charge in [-0.1, -0.05) is 0 Å². The van der Waals surface area contributed by atoms with Crippen LogP contribution in [0.25, 0.3) is 0 Å². The lowest BCUT2D eigenvalue weighted by Gasteiger charge is -2.32. The van der Waals surface area contributed by atoms with Gasteiger partial charge in [0.1, 0.15) is 0 Å². The third-order valence-corrected chi connectivity index (χ3v) is 4.43. The standard InChI is InChI=1S/C15H18BF3O4/c1-14(2)15(3,4)23-16(22-14)9(7-12(20)21)8-5-10(17)13(19)11(18)6-8/h5-6,9H,7H2,1-4H3,(H,20,21). The molecule has 0 aliphatic carbocycles. The second-order valence-electron chi connectivity index (χ2n) is 6.63. The van der Waals surface area contributed by atoms with Crippen molar-refractivity contribution in [3.63, 3.8) is 0 Å². The highest BCUT2D eigenvalue weighted by Gasteiger charge is 2.54. The van der Waals surface area contributed by atoms with Crippen LogP contribution in [0.1, 0.15) is 45.5 Å². The Labute approximate surface area is 132 Å². The molecule has 1 aliphatic rings. The van der Waals surface area contributed by atoms with Crippen molar-refractivity contribution >= 4 is 13.1 Å². The minimum absolute atomic E-state index is 0.0256. The molecule has 1 aromatic rings. The van der Waals surface area contributed by atoms with Gasteiger partial charge in [-0.15, -0.1) is 0 Å². The first-order valence-electron chi connectivity index (χ1n) is 7.16. The minimum Gasteiger partial charge on any atom is -0.481 e. The fourth-order valence-corrected chi connectivity index (χ4v) is 2.40. The van der Waals surface area contributed by atoms with Crippen molar-refractivity contribution in [1.29, 1.82) is 0 Å². The summed E-state index contributed by atoms with van der Waals surface area (Å²) in [5.41, 5.74) is -1.49. The number of carboxylic acid groups (broad SMARTS) is 1. The molecule has 1 saturated heterocycles. The average molecular weight is 330 g/mol. The molecule has 0 amide bonds. The number of aliphatic carboxylic acids is 1. The maximum absolute atomic E-state index is 13.5. The van der Waals surface area contributed by atoms with Gasteiger partial charge >= 0.3 is 13.1 Å². The zero-order chi connectivity index (χ0) is 17.6. The van der Waals surface area contributed by atoms with Crippen LogP contribution in [0.4, 0.5) is 13.2 Å². The van der Waals surface area contributed by atoms with Gasteiger partial charge in [0.25, 0.3) is 0 Å². The first-order chi connectivity index (χ1) is 10.4. The van der Waals surface area contributed by atoms with Crippen molar-refractivity contribution in [2.45, 2.75) is 51.1 Å². The zero-order valence-corrected chi connectivity index (χ0v) is 13.3. The Morgan fingerprint density at radius 1 is 1.13 bits per heavy atom. The van der Waals surface area contributed by atoms with Crippen molar-refractivity contribution in [2.24, 2.45) is 0 Å². The summed E-state index contributed by atoms with van der Waals surface area (Å²) in [5.74, 6) is -6.52. The molecule has 0 bridgehead atoms. The van der Waals surface area contributed by atoms with E-state index < -0.39 is 54.0 Å². The van der Waals surface area contributed by atoms with Crippen LogP contribution in [0, 0.1) is 17.5 Å². The van der Waals surface area contributed by atoms with E-state index in [0.717, 1.165) is 12.1 Å². The summed E-state index contributed by atoms with van der Waals surface area (Å²) in [6.45, 7) is 7.10. The van der Waals surface area contributed by atoms with Crippen LogP contribution < -0.4 is 0 Å². The summed E-state index contributed by atoms with van der Waals surface area (Å²) < 4.78 is 51.6. The smallest absolute Gasteiger partial charge is 0.466 e. The van der Waals surface area contributed by atoms with Gasteiger partial charge in [-0.3, -0.25) is 4.79 Å². The molecule has 2 rings (SSSR count). The highest BCUT2D eigenvalue weighted by molar-refractivity contribution is 6.48. The van der Waals surface area contributed by atoms with E-state index in [2.05, 4.69) is 0 Å². The highest BCUT2D eigenvalue weighted by Crippen LogP contribution is 2.42. The maximum atomic E-state index is 13.5. The lowest BCUT2D eigenvalue weighted by Crippen LogP contribution is -2.41. The van der Waals surface area contributed by atoms with Gasteiger partial charge in [0.15, 0.2) is 17.5 Å². The number of carboxylic acids is 1. The molecule has 1 N–H and O–H groups in total. The van der Waals surface area contributed by atoms with E-state index in [1.54, 1.807) is 27.7 Å². The minimum atomic E-state index is -1.60. The van der Waals surface area contributed by atoms with Crippen molar-refractivity contribution in [2.75, 3.05) is 0 Å². The van der Waals surface area contributed by atoms with Crippen molar-refractivity contribution < 1.29 is 32.4 Å². The lowest BCUT2D eigenvalue weighted by atomic mass is 9.66. The lowest BCUT2D eigenvalue weighted by molar-refractivity contribution is -0.137. The normalized spacial score (nSPS) is 20.6. The number of halogens is 3. The molecule has 1 heterocycles. The Morgan fingerprint density at radius 3 is 1.96 bits per heavy atom. The average Bonchev–Trinajstić information content (AvgIpc) is 2.61. The molecule has 0 aromatic heterocycles. The van der Waals surface area contributed by atoms with Gasteiger partial charge in [0.2, 0.25) is 0 Å². The quantitative estimate of drug-likeness (QED) is 0.680. The fourth-order valence-electron chi connectivity index (χ4n) is 2.40. The summed E-state index contributed by atoms with van der Waals surface area (Å²) in [4.78, 5) is 11.1. The SMILES string of the molecule is CC1(C)OB(C(CC(=O)O)c2cc(F)c(F)c(F)c2)OC1(C)C. The van der Waals surface area contributed by atoms with Crippen LogP contribution in [0.3, 0.4) is 0 Å². The first kappa shape index (κ1) is 17.8. The monoisotopic (exact) mass is 330 g/mol. The molecular weight excluding hydrogens is 312 g/mol. The van der Waals surface area contributed by atoms with Gasteiger partial charge in [-0.05, 0) is 45.4 Å². The predicted octanol–water partition coefficient (Wildman–Crippen LogP) is 3.29. The van der Waals surface area contributed by atoms with Gasteiger partial charge in [-0.25, -0.2) is 13.2 Å². The van der Waals surface area contributed by atoms with Gasteiger partial charge in [-0.2, -0.15) is 0 Å². The van der Waals surface area contributed by atoms with E-state index in [1.165, 1.54) is 0 Å². The Bertz CT molecular complexity index is 594. The molecule has 1 atom stereocenters. The Balaban J connectivity index is 2.41. The molecule has 1 aliphatic heterocycles. The molecule has 0 spiro atoms. The van der Waals surface area contributed by atoms with Gasteiger partial charge < -0.3 is 14.4 Å². The number of carbonyl (C=O) groups is 1. The van der Waals surface area contributed by atoms with E-state index in [4.69, 9.17) is 14.4 Å². The molecule has 4 nitrogen and oxygen atoms in total. The van der Waals surface area contributed by atoms with Crippen molar-refractivity contribution in [3.05, 3.63) is 35.1 Å². The zero-order valence-electron chi connectivity index (χ0n) is 13.3. The molecule has 1 aromatic carbocycles. The van der Waals surface area contributed by atoms with Crippen LogP contribution >= 0.6 is 0 Å². The van der Waals surface area contributed by atoms with Gasteiger partial charge in [0, 0.05) is 5.82 Å². The summed E-state index contributed by atoms with van der Waals surface area (Å²) in [6.07, 6.45) is -0.471. The van der Waals surface area contributed by atoms with E-state index in [0.29, 0.717) is 0 Å². The van der Waals surface area contributed by atoms with Crippen LogP contribution in [-0.2, 0) is 14.1 Å². The van der Waals surface area contributed by atoms with E-state index in [9.17, 15) is 18.0 Å². The topological polar surface area (TPSA) is 55.8 Å². The number of benzene rings is 1. The highest BCUT2D eigenvalue weighted by atomic mass is 19.2. The summed E-state index contributed by atoms with van der Waals surface area (Å²) in [7, 11) is -1.01. The number of rotatable bonds is 4. The molecule has 126 valence electrons. The second-order valence-corrected chi connectivity index (χ2v) is 6.63. The van der Waals surface area contributed by atoms with Crippen molar-refractivity contribution in [3.8, 4) is 0 Å². The summed E-state index contributed by atoms with van der Waals surface area (Å²) in [5, 5.41) is 9.09. The molecule has 8 heteroatoms. The second kappa shape index (κ2) is 5.83. The molecule has 23 heavy (non-hydrogen) atoms. The third-order valence-electron chi connectivity index (χ3n) is 4.43. The third kappa shape index (κ3) is 3.38.